The maximum atomic E-state index is 13.3. The number of hydrogen-bond donors (Lipinski definition) is 0. The third-order valence-electron chi connectivity index (χ3n) is 5.59. The highest BCUT2D eigenvalue weighted by atomic mass is 35.5. The van der Waals surface area contributed by atoms with Crippen LogP contribution in [-0.4, -0.2) is 6.61 Å². The molecule has 0 unspecified atom stereocenters. The normalized spacial score (nSPS) is 38.2. The molecular formula is C17H20ClFO. The highest BCUT2D eigenvalue weighted by Gasteiger charge is 2.51. The smallest absolute Gasteiger partial charge is 0.140 e. The number of halogens is 2. The van der Waals surface area contributed by atoms with Crippen LogP contribution in [0.15, 0.2) is 18.2 Å². The predicted octanol–water partition coefficient (Wildman–Crippen LogP) is 5.07. The molecule has 1 aromatic carbocycles. The molecule has 0 N–H and O–H groups in total. The summed E-state index contributed by atoms with van der Waals surface area (Å²) in [6.07, 6.45) is 8.18. The first-order valence-corrected chi connectivity index (χ1v) is 8.08. The van der Waals surface area contributed by atoms with Gasteiger partial charge in [0.25, 0.3) is 0 Å². The summed E-state index contributed by atoms with van der Waals surface area (Å²) in [5.41, 5.74) is 0.338. The fourth-order valence-electron chi connectivity index (χ4n) is 5.29. The molecule has 0 heterocycles. The topological polar surface area (TPSA) is 9.23 Å². The van der Waals surface area contributed by atoms with Crippen LogP contribution >= 0.6 is 11.6 Å². The van der Waals surface area contributed by atoms with Crippen molar-refractivity contribution in [2.45, 2.75) is 38.5 Å². The lowest BCUT2D eigenvalue weighted by atomic mass is 9.50. The Morgan fingerprint density at radius 2 is 1.70 bits per heavy atom. The summed E-state index contributed by atoms with van der Waals surface area (Å²) in [5.74, 6) is 2.95. The van der Waals surface area contributed by atoms with Gasteiger partial charge in [-0.25, -0.2) is 4.39 Å². The average Bonchev–Trinajstić information content (AvgIpc) is 2.38. The molecule has 0 saturated heterocycles. The molecule has 0 aliphatic heterocycles. The fraction of sp³-hybridized carbons (Fsp3) is 0.647. The zero-order chi connectivity index (χ0) is 13.7. The largest absolute Gasteiger partial charge is 0.491 e. The van der Waals surface area contributed by atoms with Crippen molar-refractivity contribution in [2.24, 2.45) is 23.2 Å². The molecule has 0 atom stereocenters. The lowest BCUT2D eigenvalue weighted by Crippen LogP contribution is -2.48. The molecule has 0 radical (unpaired) electrons. The first-order chi connectivity index (χ1) is 9.62. The number of benzene rings is 1. The van der Waals surface area contributed by atoms with Gasteiger partial charge in [0.1, 0.15) is 11.6 Å². The van der Waals surface area contributed by atoms with Crippen LogP contribution in [0, 0.1) is 29.0 Å². The van der Waals surface area contributed by atoms with Gasteiger partial charge in [0.2, 0.25) is 0 Å². The molecular weight excluding hydrogens is 275 g/mol. The molecule has 0 amide bonds. The van der Waals surface area contributed by atoms with E-state index in [-0.39, 0.29) is 5.82 Å². The van der Waals surface area contributed by atoms with Crippen LogP contribution < -0.4 is 4.74 Å². The summed E-state index contributed by atoms with van der Waals surface area (Å²) >= 11 is 6.09. The van der Waals surface area contributed by atoms with Crippen molar-refractivity contribution in [1.82, 2.24) is 0 Å². The Bertz CT molecular complexity index is 492. The van der Waals surface area contributed by atoms with Gasteiger partial charge in [-0.2, -0.15) is 0 Å². The van der Waals surface area contributed by atoms with Crippen LogP contribution in [0.4, 0.5) is 4.39 Å². The Morgan fingerprint density at radius 3 is 2.30 bits per heavy atom. The first kappa shape index (κ1) is 12.9. The summed E-state index contributed by atoms with van der Waals surface area (Å²) < 4.78 is 19.2. The Labute approximate surface area is 124 Å². The Hall–Kier alpha value is -0.760. The zero-order valence-electron chi connectivity index (χ0n) is 11.6. The van der Waals surface area contributed by atoms with Gasteiger partial charge in [-0.3, -0.25) is 0 Å². The molecule has 1 nitrogen and oxygen atoms in total. The van der Waals surface area contributed by atoms with E-state index in [1.807, 2.05) is 0 Å². The van der Waals surface area contributed by atoms with Crippen molar-refractivity contribution in [3.63, 3.8) is 0 Å². The van der Waals surface area contributed by atoms with Gasteiger partial charge in [0.15, 0.2) is 0 Å². The zero-order valence-corrected chi connectivity index (χ0v) is 12.3. The number of hydrogen-bond acceptors (Lipinski definition) is 1. The Kier molecular flexibility index (Phi) is 2.99. The standard InChI is InChI=1S/C17H20ClFO/c18-15-2-1-14(19)6-16(15)20-10-17-7-11-3-12(8-17)5-13(4-11)9-17/h1-2,6,11-13H,3-5,7-10H2. The van der Waals surface area contributed by atoms with E-state index >= 15 is 0 Å². The van der Waals surface area contributed by atoms with Crippen LogP contribution in [-0.2, 0) is 0 Å². The minimum Gasteiger partial charge on any atom is -0.491 e. The molecule has 4 aliphatic rings. The molecule has 4 bridgehead atoms. The minimum atomic E-state index is -0.282. The third kappa shape index (κ3) is 2.22. The van der Waals surface area contributed by atoms with E-state index in [1.165, 1.54) is 50.7 Å². The SMILES string of the molecule is Fc1ccc(Cl)c(OCC23CC4CC(CC(C4)C2)C3)c1. The van der Waals surface area contributed by atoms with E-state index < -0.39 is 0 Å². The van der Waals surface area contributed by atoms with Gasteiger partial charge in [0, 0.05) is 11.5 Å². The maximum absolute atomic E-state index is 13.3. The van der Waals surface area contributed by atoms with Crippen LogP contribution in [0.3, 0.4) is 0 Å². The second-order valence-electron chi connectivity index (χ2n) is 7.28. The van der Waals surface area contributed by atoms with Crippen molar-refractivity contribution < 1.29 is 9.13 Å². The maximum Gasteiger partial charge on any atom is 0.140 e. The van der Waals surface area contributed by atoms with E-state index in [1.54, 1.807) is 6.07 Å². The lowest BCUT2D eigenvalue weighted by Gasteiger charge is -2.56. The molecule has 20 heavy (non-hydrogen) atoms. The van der Waals surface area contributed by atoms with E-state index in [2.05, 4.69) is 0 Å². The second-order valence-corrected chi connectivity index (χ2v) is 7.69. The minimum absolute atomic E-state index is 0.282. The summed E-state index contributed by atoms with van der Waals surface area (Å²) in [6.45, 7) is 0.708. The highest BCUT2D eigenvalue weighted by molar-refractivity contribution is 6.32. The predicted molar refractivity (Wildman–Crippen MR) is 77.5 cm³/mol. The number of rotatable bonds is 3. The molecule has 108 valence electrons. The molecule has 4 aliphatic carbocycles. The van der Waals surface area contributed by atoms with Crippen molar-refractivity contribution in [1.29, 1.82) is 0 Å². The lowest BCUT2D eigenvalue weighted by molar-refractivity contribution is -0.0745. The third-order valence-corrected chi connectivity index (χ3v) is 5.90. The summed E-state index contributed by atoms with van der Waals surface area (Å²) in [6, 6.07) is 4.36. The Morgan fingerprint density at radius 1 is 1.10 bits per heavy atom. The van der Waals surface area contributed by atoms with E-state index in [0.717, 1.165) is 17.8 Å². The van der Waals surface area contributed by atoms with E-state index in [9.17, 15) is 4.39 Å². The molecule has 1 aromatic rings. The summed E-state index contributed by atoms with van der Waals surface area (Å²) in [7, 11) is 0. The molecule has 0 aromatic heterocycles. The first-order valence-electron chi connectivity index (χ1n) is 7.70. The average molecular weight is 295 g/mol. The molecule has 3 heteroatoms. The molecule has 4 saturated carbocycles. The van der Waals surface area contributed by atoms with Crippen LogP contribution in [0.2, 0.25) is 5.02 Å². The molecule has 5 rings (SSSR count). The van der Waals surface area contributed by atoms with Gasteiger partial charge in [-0.05, 0) is 68.4 Å². The van der Waals surface area contributed by atoms with E-state index in [4.69, 9.17) is 16.3 Å². The van der Waals surface area contributed by atoms with Crippen molar-refractivity contribution in [3.8, 4) is 5.75 Å². The molecule has 0 spiro atoms. The second kappa shape index (κ2) is 4.62. The van der Waals surface area contributed by atoms with Gasteiger partial charge < -0.3 is 4.74 Å². The monoisotopic (exact) mass is 294 g/mol. The highest BCUT2D eigenvalue weighted by Crippen LogP contribution is 2.60. The summed E-state index contributed by atoms with van der Waals surface area (Å²) in [4.78, 5) is 0. The van der Waals surface area contributed by atoms with Gasteiger partial charge >= 0.3 is 0 Å². The quantitative estimate of drug-likeness (QED) is 0.756. The van der Waals surface area contributed by atoms with E-state index in [0.29, 0.717) is 22.8 Å². The van der Waals surface area contributed by atoms with Crippen LogP contribution in [0.25, 0.3) is 0 Å². The van der Waals surface area contributed by atoms with Crippen molar-refractivity contribution in [2.75, 3.05) is 6.61 Å². The van der Waals surface area contributed by atoms with Gasteiger partial charge in [0.05, 0.1) is 11.6 Å². The van der Waals surface area contributed by atoms with Crippen LogP contribution in [0.1, 0.15) is 38.5 Å². The number of ether oxygens (including phenoxy) is 1. The van der Waals surface area contributed by atoms with Crippen molar-refractivity contribution >= 4 is 11.6 Å². The van der Waals surface area contributed by atoms with Crippen molar-refractivity contribution in [3.05, 3.63) is 29.0 Å². The van der Waals surface area contributed by atoms with Gasteiger partial charge in [-0.1, -0.05) is 11.6 Å². The van der Waals surface area contributed by atoms with Gasteiger partial charge in [-0.15, -0.1) is 0 Å². The summed E-state index contributed by atoms with van der Waals surface area (Å²) in [5, 5.41) is 0.510. The Balaban J connectivity index is 1.50. The molecule has 4 fully saturated rings. The van der Waals surface area contributed by atoms with Crippen LogP contribution in [0.5, 0.6) is 5.75 Å². The fourth-order valence-corrected chi connectivity index (χ4v) is 5.46.